The van der Waals surface area contributed by atoms with Crippen LogP contribution in [0.4, 0.5) is 0 Å². The van der Waals surface area contributed by atoms with Crippen LogP contribution < -0.4 is 11.1 Å². The molecule has 0 aromatic heterocycles. The van der Waals surface area contributed by atoms with Crippen molar-refractivity contribution in [3.63, 3.8) is 0 Å². The van der Waals surface area contributed by atoms with E-state index < -0.39 is 12.0 Å². The van der Waals surface area contributed by atoms with Crippen LogP contribution in [-0.4, -0.2) is 47.9 Å². The van der Waals surface area contributed by atoms with E-state index in [1.54, 1.807) is 0 Å². The molecule has 0 aliphatic carbocycles. The van der Waals surface area contributed by atoms with Crippen LogP contribution in [0, 0.1) is 5.41 Å². The molecule has 0 fully saturated rings. The summed E-state index contributed by atoms with van der Waals surface area (Å²) in [7, 11) is 0. The van der Waals surface area contributed by atoms with Crippen LogP contribution in [0.5, 0.6) is 0 Å². The van der Waals surface area contributed by atoms with E-state index in [9.17, 15) is 4.79 Å². The molecule has 13 heavy (non-hydrogen) atoms. The van der Waals surface area contributed by atoms with Gasteiger partial charge in [0.05, 0.1) is 0 Å². The molecule has 76 valence electrons. The van der Waals surface area contributed by atoms with Crippen molar-refractivity contribution < 1.29 is 9.90 Å². The summed E-state index contributed by atoms with van der Waals surface area (Å²) in [6.45, 7) is 1.33. The predicted molar refractivity (Wildman–Crippen MR) is 54.6 cm³/mol. The molecule has 0 unspecified atom stereocenters. The Morgan fingerprint density at radius 3 is 3.00 bits per heavy atom. The molecule has 0 aromatic rings. The van der Waals surface area contributed by atoms with Gasteiger partial charge in [0, 0.05) is 30.8 Å². The van der Waals surface area contributed by atoms with E-state index in [2.05, 4.69) is 5.32 Å². The lowest BCUT2D eigenvalue weighted by molar-refractivity contribution is -0.137. The molecule has 0 radical (unpaired) electrons. The first-order valence-corrected chi connectivity index (χ1v) is 5.09. The molecule has 0 bridgehead atoms. The molecular weight excluding hydrogens is 190 g/mol. The standard InChI is InChI=1S/C7H15N3O2S/c8-1-2-10-3-4-13-5-6(9)7(11)12/h1,6,8,10H,2-5,9H2,(H,11,12)/t6-/m1/s1. The Kier molecular flexibility index (Phi) is 7.66. The highest BCUT2D eigenvalue weighted by Gasteiger charge is 2.09. The van der Waals surface area contributed by atoms with Crippen LogP contribution in [0.3, 0.4) is 0 Å². The van der Waals surface area contributed by atoms with Crippen LogP contribution in [0.2, 0.25) is 0 Å². The van der Waals surface area contributed by atoms with Gasteiger partial charge in [0.2, 0.25) is 0 Å². The van der Waals surface area contributed by atoms with Crippen molar-refractivity contribution in [3.8, 4) is 0 Å². The van der Waals surface area contributed by atoms with E-state index in [-0.39, 0.29) is 0 Å². The lowest BCUT2D eigenvalue weighted by atomic mass is 10.4. The maximum atomic E-state index is 10.3. The number of hydrogen-bond donors (Lipinski definition) is 4. The fraction of sp³-hybridized carbons (Fsp3) is 0.714. The predicted octanol–water partition coefficient (Wildman–Crippen LogP) is -0.629. The average molecular weight is 205 g/mol. The Balaban J connectivity index is 3.15. The quantitative estimate of drug-likeness (QED) is 0.312. The smallest absolute Gasteiger partial charge is 0.321 e. The first-order valence-electron chi connectivity index (χ1n) is 3.94. The van der Waals surface area contributed by atoms with Crippen LogP contribution in [0.1, 0.15) is 0 Å². The Labute approximate surface area is 81.6 Å². The zero-order valence-electron chi connectivity index (χ0n) is 7.32. The minimum absolute atomic E-state index is 0.432. The largest absolute Gasteiger partial charge is 0.480 e. The molecule has 0 amide bonds. The van der Waals surface area contributed by atoms with Crippen molar-refractivity contribution in [2.75, 3.05) is 24.6 Å². The maximum Gasteiger partial charge on any atom is 0.321 e. The summed E-state index contributed by atoms with van der Waals surface area (Å²) in [5.74, 6) is 0.288. The molecule has 6 heteroatoms. The lowest BCUT2D eigenvalue weighted by Crippen LogP contribution is -2.33. The number of nitrogens with two attached hydrogens (primary N) is 1. The summed E-state index contributed by atoms with van der Waals surface area (Å²) in [6, 6.07) is -0.771. The van der Waals surface area contributed by atoms with Crippen LogP contribution in [0.25, 0.3) is 0 Å². The zero-order chi connectivity index (χ0) is 10.1. The molecule has 0 saturated heterocycles. The van der Waals surface area contributed by atoms with E-state index in [1.165, 1.54) is 18.0 Å². The summed E-state index contributed by atoms with van der Waals surface area (Å²) >= 11 is 1.50. The van der Waals surface area contributed by atoms with Crippen molar-refractivity contribution in [2.24, 2.45) is 5.73 Å². The monoisotopic (exact) mass is 205 g/mol. The van der Waals surface area contributed by atoms with E-state index in [4.69, 9.17) is 16.2 Å². The SMILES string of the molecule is N=CCNCCSC[C@@H](N)C(=O)O. The van der Waals surface area contributed by atoms with E-state index in [0.29, 0.717) is 12.3 Å². The highest BCUT2D eigenvalue weighted by Crippen LogP contribution is 2.00. The fourth-order valence-corrected chi connectivity index (χ4v) is 1.45. The number of carboxylic acid groups (broad SMARTS) is 1. The molecule has 5 nitrogen and oxygen atoms in total. The number of rotatable bonds is 8. The number of nitrogens with one attached hydrogen (secondary N) is 2. The van der Waals surface area contributed by atoms with Crippen molar-refractivity contribution in [1.82, 2.24) is 5.32 Å². The second kappa shape index (κ2) is 8.03. The topological polar surface area (TPSA) is 99.2 Å². The van der Waals surface area contributed by atoms with E-state index in [0.717, 1.165) is 12.3 Å². The molecule has 0 saturated carbocycles. The third kappa shape index (κ3) is 7.76. The molecule has 5 N–H and O–H groups in total. The summed E-state index contributed by atoms with van der Waals surface area (Å²) in [5, 5.41) is 18.1. The van der Waals surface area contributed by atoms with Gasteiger partial charge in [-0.05, 0) is 0 Å². The zero-order valence-corrected chi connectivity index (χ0v) is 8.14. The van der Waals surface area contributed by atoms with Gasteiger partial charge in [-0.2, -0.15) is 11.8 Å². The first-order chi connectivity index (χ1) is 6.18. The minimum atomic E-state index is -0.958. The Hall–Kier alpha value is -0.590. The summed E-state index contributed by atoms with van der Waals surface area (Å²) in [4.78, 5) is 10.3. The number of carbonyl (C=O) groups is 1. The molecule has 0 rings (SSSR count). The normalized spacial score (nSPS) is 12.4. The average Bonchev–Trinajstić information content (AvgIpc) is 2.10. The van der Waals surface area contributed by atoms with Gasteiger partial charge >= 0.3 is 5.97 Å². The highest BCUT2D eigenvalue weighted by molar-refractivity contribution is 7.99. The van der Waals surface area contributed by atoms with Crippen molar-refractivity contribution in [2.45, 2.75) is 6.04 Å². The van der Waals surface area contributed by atoms with Gasteiger partial charge in [-0.1, -0.05) is 0 Å². The van der Waals surface area contributed by atoms with Crippen LogP contribution in [-0.2, 0) is 4.79 Å². The number of hydrogen-bond acceptors (Lipinski definition) is 5. The van der Waals surface area contributed by atoms with Crippen molar-refractivity contribution in [3.05, 3.63) is 0 Å². The second-order valence-electron chi connectivity index (χ2n) is 2.43. The summed E-state index contributed by atoms with van der Waals surface area (Å²) in [5.41, 5.74) is 5.28. The number of thioether (sulfide) groups is 1. The van der Waals surface area contributed by atoms with Gasteiger partial charge in [0.15, 0.2) is 0 Å². The molecule has 0 aliphatic heterocycles. The van der Waals surface area contributed by atoms with Gasteiger partial charge in [0.1, 0.15) is 6.04 Å². The molecule has 0 heterocycles. The van der Waals surface area contributed by atoms with Crippen molar-refractivity contribution >= 4 is 23.9 Å². The van der Waals surface area contributed by atoms with Crippen molar-refractivity contribution in [1.29, 1.82) is 5.41 Å². The lowest BCUT2D eigenvalue weighted by Gasteiger charge is -2.05. The summed E-state index contributed by atoms with van der Waals surface area (Å²) in [6.07, 6.45) is 1.29. The maximum absolute atomic E-state index is 10.3. The Bertz CT molecular complexity index is 166. The number of carboxylic acids is 1. The van der Waals surface area contributed by atoms with Gasteiger partial charge in [-0.25, -0.2) is 0 Å². The first kappa shape index (κ1) is 12.4. The number of aliphatic carboxylic acids is 1. The molecule has 0 aromatic carbocycles. The molecule has 1 atom stereocenters. The third-order valence-corrected chi connectivity index (χ3v) is 2.37. The van der Waals surface area contributed by atoms with E-state index >= 15 is 0 Å². The summed E-state index contributed by atoms with van der Waals surface area (Å²) < 4.78 is 0. The molecule has 0 aliphatic rings. The van der Waals surface area contributed by atoms with Gasteiger partial charge in [-0.15, -0.1) is 0 Å². The molecule has 0 spiro atoms. The van der Waals surface area contributed by atoms with Crippen LogP contribution in [0.15, 0.2) is 0 Å². The van der Waals surface area contributed by atoms with Crippen LogP contribution >= 0.6 is 11.8 Å². The van der Waals surface area contributed by atoms with Gasteiger partial charge in [0.25, 0.3) is 0 Å². The third-order valence-electron chi connectivity index (χ3n) is 1.28. The molecular formula is C7H15N3O2S. The highest BCUT2D eigenvalue weighted by atomic mass is 32.2. The fourth-order valence-electron chi connectivity index (χ4n) is 0.600. The Morgan fingerprint density at radius 2 is 2.46 bits per heavy atom. The Morgan fingerprint density at radius 1 is 1.77 bits per heavy atom. The minimum Gasteiger partial charge on any atom is -0.480 e. The van der Waals surface area contributed by atoms with Gasteiger partial charge in [-0.3, -0.25) is 4.79 Å². The van der Waals surface area contributed by atoms with E-state index in [1.807, 2.05) is 0 Å². The second-order valence-corrected chi connectivity index (χ2v) is 3.58. The van der Waals surface area contributed by atoms with Gasteiger partial charge < -0.3 is 21.6 Å².